The highest BCUT2D eigenvalue weighted by Crippen LogP contribution is 2.21. The fourth-order valence-electron chi connectivity index (χ4n) is 2.60. The van der Waals surface area contributed by atoms with Crippen LogP contribution in [-0.2, 0) is 16.1 Å². The summed E-state index contributed by atoms with van der Waals surface area (Å²) in [5.74, 6) is -0.0648. The molecule has 5 nitrogen and oxygen atoms in total. The number of hydrogen-bond donors (Lipinski definition) is 0. The minimum absolute atomic E-state index is 0.0507. The average molecular weight is 389 g/mol. The van der Waals surface area contributed by atoms with Crippen LogP contribution in [0.25, 0.3) is 5.65 Å². The molecule has 1 aromatic carbocycles. The highest BCUT2D eigenvalue weighted by molar-refractivity contribution is 7.98. The van der Waals surface area contributed by atoms with Gasteiger partial charge in [0.25, 0.3) is 5.56 Å². The van der Waals surface area contributed by atoms with Crippen molar-refractivity contribution in [3.05, 3.63) is 81.4 Å². The predicted octanol–water partition coefficient (Wildman–Crippen LogP) is 3.54. The Bertz CT molecular complexity index is 975. The smallest absolute Gasteiger partial charge is 0.314 e. The van der Waals surface area contributed by atoms with Gasteiger partial charge in [0.05, 0.1) is 16.6 Å². The molecule has 0 spiro atoms. The molecule has 134 valence electrons. The molecule has 26 heavy (non-hydrogen) atoms. The highest BCUT2D eigenvalue weighted by Gasteiger charge is 2.22. The van der Waals surface area contributed by atoms with Gasteiger partial charge in [0, 0.05) is 18.0 Å². The number of halogens is 1. The van der Waals surface area contributed by atoms with Crippen LogP contribution in [0.2, 0.25) is 5.02 Å². The van der Waals surface area contributed by atoms with Gasteiger partial charge in [-0.15, -0.1) is 0 Å². The van der Waals surface area contributed by atoms with Crippen LogP contribution in [0.5, 0.6) is 0 Å². The lowest BCUT2D eigenvalue weighted by Crippen LogP contribution is -2.20. The zero-order chi connectivity index (χ0) is 18.5. The number of pyridine rings is 1. The third-order valence-electron chi connectivity index (χ3n) is 3.86. The Morgan fingerprint density at radius 3 is 2.77 bits per heavy atom. The van der Waals surface area contributed by atoms with Gasteiger partial charge in [-0.25, -0.2) is 4.98 Å². The van der Waals surface area contributed by atoms with Crippen molar-refractivity contribution in [3.63, 3.8) is 0 Å². The molecular formula is C19H17ClN2O3S. The van der Waals surface area contributed by atoms with Gasteiger partial charge in [0.2, 0.25) is 0 Å². The number of hydrogen-bond acceptors (Lipinski definition) is 5. The van der Waals surface area contributed by atoms with E-state index in [1.165, 1.54) is 16.7 Å². The SMILES string of the molecule is CSCC(C(=O)OCc1cc(=O)n2cc(Cl)ccc2n1)c1ccccc1. The summed E-state index contributed by atoms with van der Waals surface area (Å²) in [5, 5.41) is 0.448. The summed E-state index contributed by atoms with van der Waals surface area (Å²) in [4.78, 5) is 29.1. The quantitative estimate of drug-likeness (QED) is 0.604. The number of esters is 1. The van der Waals surface area contributed by atoms with Gasteiger partial charge in [-0.3, -0.25) is 14.0 Å². The molecule has 0 radical (unpaired) electrons. The molecule has 1 atom stereocenters. The summed E-state index contributed by atoms with van der Waals surface area (Å²) >= 11 is 7.48. The number of fused-ring (bicyclic) bond motifs is 1. The first-order chi connectivity index (χ1) is 12.6. The largest absolute Gasteiger partial charge is 0.459 e. The number of carbonyl (C=O) groups is 1. The third kappa shape index (κ3) is 4.26. The average Bonchev–Trinajstić information content (AvgIpc) is 2.65. The number of aromatic nitrogens is 2. The maximum atomic E-state index is 12.5. The van der Waals surface area contributed by atoms with Crippen molar-refractivity contribution in [3.8, 4) is 0 Å². The second-order valence-corrected chi connectivity index (χ2v) is 7.03. The molecule has 0 fully saturated rings. The van der Waals surface area contributed by atoms with Crippen LogP contribution in [-0.4, -0.2) is 27.4 Å². The number of rotatable bonds is 6. The number of carbonyl (C=O) groups excluding carboxylic acids is 1. The van der Waals surface area contributed by atoms with Crippen LogP contribution in [0, 0.1) is 0 Å². The van der Waals surface area contributed by atoms with E-state index in [4.69, 9.17) is 16.3 Å². The Hall–Kier alpha value is -2.31. The summed E-state index contributed by atoms with van der Waals surface area (Å²) in [5.41, 5.74) is 1.50. The fourth-order valence-corrected chi connectivity index (χ4v) is 3.42. The maximum absolute atomic E-state index is 12.5. The molecule has 0 aliphatic heterocycles. The Labute approximate surface area is 160 Å². The predicted molar refractivity (Wildman–Crippen MR) is 104 cm³/mol. The van der Waals surface area contributed by atoms with E-state index in [2.05, 4.69) is 4.98 Å². The minimum atomic E-state index is -0.355. The molecule has 0 bridgehead atoms. The molecule has 0 amide bonds. The lowest BCUT2D eigenvalue weighted by molar-refractivity contribution is -0.146. The lowest BCUT2D eigenvalue weighted by Gasteiger charge is -2.15. The number of ether oxygens (including phenoxy) is 1. The molecule has 7 heteroatoms. The molecular weight excluding hydrogens is 372 g/mol. The van der Waals surface area contributed by atoms with E-state index in [0.29, 0.717) is 22.1 Å². The zero-order valence-electron chi connectivity index (χ0n) is 14.1. The number of nitrogens with zero attached hydrogens (tertiary/aromatic N) is 2. The second-order valence-electron chi connectivity index (χ2n) is 5.69. The van der Waals surface area contributed by atoms with Crippen molar-refractivity contribution in [1.82, 2.24) is 9.38 Å². The van der Waals surface area contributed by atoms with Gasteiger partial charge >= 0.3 is 5.97 Å². The van der Waals surface area contributed by atoms with Crippen LogP contribution in [0.3, 0.4) is 0 Å². The molecule has 0 saturated carbocycles. The zero-order valence-corrected chi connectivity index (χ0v) is 15.7. The van der Waals surface area contributed by atoms with Crippen LogP contribution in [0.15, 0.2) is 59.5 Å². The summed E-state index contributed by atoms with van der Waals surface area (Å²) in [6.07, 6.45) is 3.45. The van der Waals surface area contributed by atoms with Crippen LogP contribution < -0.4 is 5.56 Å². The van der Waals surface area contributed by atoms with E-state index >= 15 is 0 Å². The fraction of sp³-hybridized carbons (Fsp3) is 0.211. The second kappa shape index (κ2) is 8.38. The molecule has 0 aliphatic carbocycles. The monoisotopic (exact) mass is 388 g/mol. The molecule has 1 unspecified atom stereocenters. The maximum Gasteiger partial charge on any atom is 0.314 e. The van der Waals surface area contributed by atoms with E-state index in [0.717, 1.165) is 5.56 Å². The molecule has 3 aromatic rings. The van der Waals surface area contributed by atoms with Crippen LogP contribution in [0.1, 0.15) is 17.2 Å². The van der Waals surface area contributed by atoms with Gasteiger partial charge < -0.3 is 4.74 Å². The van der Waals surface area contributed by atoms with Gasteiger partial charge in [-0.2, -0.15) is 11.8 Å². The van der Waals surface area contributed by atoms with Gasteiger partial charge in [0.15, 0.2) is 0 Å². The lowest BCUT2D eigenvalue weighted by atomic mass is 10.0. The molecule has 0 aliphatic rings. The van der Waals surface area contributed by atoms with Crippen molar-refractivity contribution < 1.29 is 9.53 Å². The topological polar surface area (TPSA) is 60.7 Å². The van der Waals surface area contributed by atoms with Gasteiger partial charge in [-0.05, 0) is 24.0 Å². The summed E-state index contributed by atoms with van der Waals surface area (Å²) < 4.78 is 6.79. The summed E-state index contributed by atoms with van der Waals surface area (Å²) in [6, 6.07) is 14.2. The Kier molecular flexibility index (Phi) is 5.96. The third-order valence-corrected chi connectivity index (χ3v) is 4.75. The summed E-state index contributed by atoms with van der Waals surface area (Å²) in [7, 11) is 0. The Morgan fingerprint density at radius 2 is 2.04 bits per heavy atom. The molecule has 2 aromatic heterocycles. The Morgan fingerprint density at radius 1 is 1.27 bits per heavy atom. The normalized spacial score (nSPS) is 12.1. The molecule has 0 saturated heterocycles. The van der Waals surface area contributed by atoms with Crippen molar-refractivity contribution in [2.45, 2.75) is 12.5 Å². The molecule has 2 heterocycles. The van der Waals surface area contributed by atoms with Crippen molar-refractivity contribution in [2.24, 2.45) is 0 Å². The Balaban J connectivity index is 1.77. The van der Waals surface area contributed by atoms with Crippen molar-refractivity contribution >= 4 is 35.0 Å². The molecule has 3 rings (SSSR count). The first-order valence-corrected chi connectivity index (χ1v) is 9.74. The highest BCUT2D eigenvalue weighted by atomic mass is 35.5. The van der Waals surface area contributed by atoms with Crippen molar-refractivity contribution in [1.29, 1.82) is 0 Å². The van der Waals surface area contributed by atoms with Crippen LogP contribution in [0.4, 0.5) is 0 Å². The van der Waals surface area contributed by atoms with Crippen LogP contribution >= 0.6 is 23.4 Å². The number of benzene rings is 1. The first kappa shape index (κ1) is 18.5. The van der Waals surface area contributed by atoms with E-state index in [9.17, 15) is 9.59 Å². The summed E-state index contributed by atoms with van der Waals surface area (Å²) in [6.45, 7) is -0.0507. The van der Waals surface area contributed by atoms with Gasteiger partial charge in [0.1, 0.15) is 12.3 Å². The first-order valence-electron chi connectivity index (χ1n) is 7.97. The van der Waals surface area contributed by atoms with E-state index < -0.39 is 0 Å². The minimum Gasteiger partial charge on any atom is -0.459 e. The van der Waals surface area contributed by atoms with Crippen molar-refractivity contribution in [2.75, 3.05) is 12.0 Å². The van der Waals surface area contributed by atoms with E-state index in [1.54, 1.807) is 23.9 Å². The molecule has 0 N–H and O–H groups in total. The van der Waals surface area contributed by atoms with Gasteiger partial charge in [-0.1, -0.05) is 41.9 Å². The van der Waals surface area contributed by atoms with E-state index in [-0.39, 0.29) is 24.1 Å². The van der Waals surface area contributed by atoms with E-state index in [1.807, 2.05) is 36.6 Å². The standard InChI is InChI=1S/C19H17ClN2O3S/c1-26-12-16(13-5-3-2-4-6-13)19(24)25-11-15-9-18(23)22-10-14(20)7-8-17(22)21-15/h2-10,16H,11-12H2,1H3. The number of thioether (sulfide) groups is 1.